The van der Waals surface area contributed by atoms with E-state index in [2.05, 4.69) is 17.2 Å². The van der Waals surface area contributed by atoms with Gasteiger partial charge in [-0.1, -0.05) is 36.1 Å². The predicted octanol–water partition coefficient (Wildman–Crippen LogP) is 3.02. The van der Waals surface area contributed by atoms with Crippen LogP contribution >= 0.6 is 0 Å². The number of carbonyl (C=O) groups is 1. The van der Waals surface area contributed by atoms with Crippen molar-refractivity contribution in [2.24, 2.45) is 0 Å². The first-order valence-corrected chi connectivity index (χ1v) is 7.66. The van der Waals surface area contributed by atoms with Crippen LogP contribution in [0.3, 0.4) is 0 Å². The van der Waals surface area contributed by atoms with Gasteiger partial charge in [0.2, 0.25) is 0 Å². The Bertz CT molecular complexity index is 850. The van der Waals surface area contributed by atoms with E-state index in [-0.39, 0.29) is 24.4 Å². The summed E-state index contributed by atoms with van der Waals surface area (Å²) in [7, 11) is 0. The number of nitrogens with zero attached hydrogens (tertiary/aromatic N) is 1. The van der Waals surface area contributed by atoms with Crippen molar-refractivity contribution in [3.8, 4) is 17.6 Å². The van der Waals surface area contributed by atoms with E-state index in [9.17, 15) is 14.9 Å². The summed E-state index contributed by atoms with van der Waals surface area (Å²) >= 11 is 0. The second-order valence-corrected chi connectivity index (χ2v) is 5.35. The SMILES string of the molecule is Cc1ccccc1OCC#CCNC(=O)c1ccc(C)c([N+](=O)[O-])c1. The molecule has 0 aliphatic carbocycles. The van der Waals surface area contributed by atoms with Gasteiger partial charge in [0.25, 0.3) is 11.6 Å². The quantitative estimate of drug-likeness (QED) is 0.516. The highest BCUT2D eigenvalue weighted by Gasteiger charge is 2.14. The van der Waals surface area contributed by atoms with E-state index in [0.717, 1.165) is 11.3 Å². The summed E-state index contributed by atoms with van der Waals surface area (Å²) in [4.78, 5) is 22.4. The largest absolute Gasteiger partial charge is 0.481 e. The molecular formula is C19H18N2O4. The topological polar surface area (TPSA) is 81.5 Å². The lowest BCUT2D eigenvalue weighted by atomic mass is 10.1. The summed E-state index contributed by atoms with van der Waals surface area (Å²) in [5, 5.41) is 13.5. The smallest absolute Gasteiger partial charge is 0.273 e. The van der Waals surface area contributed by atoms with Crippen LogP contribution in [0.5, 0.6) is 5.75 Å². The van der Waals surface area contributed by atoms with Crippen molar-refractivity contribution in [2.45, 2.75) is 13.8 Å². The van der Waals surface area contributed by atoms with Crippen LogP contribution in [-0.2, 0) is 0 Å². The monoisotopic (exact) mass is 338 g/mol. The first kappa shape index (κ1) is 18.0. The number of nitrogens with one attached hydrogen (secondary N) is 1. The molecule has 0 unspecified atom stereocenters. The number of nitro groups is 1. The lowest BCUT2D eigenvalue weighted by Crippen LogP contribution is -2.23. The first-order chi connectivity index (χ1) is 12.0. The highest BCUT2D eigenvalue weighted by Crippen LogP contribution is 2.19. The fourth-order valence-corrected chi connectivity index (χ4v) is 2.12. The van der Waals surface area contributed by atoms with Gasteiger partial charge in [-0.25, -0.2) is 0 Å². The average molecular weight is 338 g/mol. The lowest BCUT2D eigenvalue weighted by Gasteiger charge is -2.04. The van der Waals surface area contributed by atoms with Crippen LogP contribution in [0.4, 0.5) is 5.69 Å². The molecule has 1 N–H and O–H groups in total. The molecule has 0 saturated carbocycles. The number of nitro benzene ring substituents is 1. The van der Waals surface area contributed by atoms with Crippen molar-refractivity contribution in [1.29, 1.82) is 0 Å². The number of para-hydroxylation sites is 1. The van der Waals surface area contributed by atoms with Gasteiger partial charge >= 0.3 is 0 Å². The number of rotatable bonds is 5. The maximum Gasteiger partial charge on any atom is 0.273 e. The maximum absolute atomic E-state index is 12.0. The summed E-state index contributed by atoms with van der Waals surface area (Å²) < 4.78 is 5.52. The Morgan fingerprint density at radius 2 is 1.92 bits per heavy atom. The van der Waals surface area contributed by atoms with Gasteiger partial charge in [-0.2, -0.15) is 0 Å². The third-order valence-electron chi connectivity index (χ3n) is 3.52. The molecule has 0 heterocycles. The number of hydrogen-bond donors (Lipinski definition) is 1. The molecule has 0 fully saturated rings. The lowest BCUT2D eigenvalue weighted by molar-refractivity contribution is -0.385. The van der Waals surface area contributed by atoms with Crippen LogP contribution in [0.1, 0.15) is 21.5 Å². The number of amides is 1. The van der Waals surface area contributed by atoms with Crippen molar-refractivity contribution in [3.05, 3.63) is 69.3 Å². The first-order valence-electron chi connectivity index (χ1n) is 7.66. The maximum atomic E-state index is 12.0. The molecule has 0 aromatic heterocycles. The van der Waals surface area contributed by atoms with E-state index in [1.807, 2.05) is 31.2 Å². The molecule has 2 aromatic carbocycles. The van der Waals surface area contributed by atoms with Crippen molar-refractivity contribution in [3.63, 3.8) is 0 Å². The molecule has 2 aromatic rings. The molecule has 0 spiro atoms. The van der Waals surface area contributed by atoms with Crippen LogP contribution in [0.25, 0.3) is 0 Å². The minimum atomic E-state index is -0.505. The Kier molecular flexibility index (Phi) is 6.13. The average Bonchev–Trinajstić information content (AvgIpc) is 2.59. The van der Waals surface area contributed by atoms with E-state index in [4.69, 9.17) is 4.74 Å². The summed E-state index contributed by atoms with van der Waals surface area (Å²) in [5.74, 6) is 5.96. The molecule has 0 radical (unpaired) electrons. The van der Waals surface area contributed by atoms with Crippen molar-refractivity contribution >= 4 is 11.6 Å². The van der Waals surface area contributed by atoms with Gasteiger partial charge in [-0.05, 0) is 31.5 Å². The molecule has 6 nitrogen and oxygen atoms in total. The molecule has 1 amide bonds. The number of hydrogen-bond acceptors (Lipinski definition) is 4. The van der Waals surface area contributed by atoms with Crippen LogP contribution < -0.4 is 10.1 Å². The zero-order chi connectivity index (χ0) is 18.2. The van der Waals surface area contributed by atoms with Crippen molar-refractivity contribution in [1.82, 2.24) is 5.32 Å². The fraction of sp³-hybridized carbons (Fsp3) is 0.211. The third kappa shape index (κ3) is 5.08. The zero-order valence-electron chi connectivity index (χ0n) is 14.0. The van der Waals surface area contributed by atoms with E-state index in [1.165, 1.54) is 6.07 Å². The number of ether oxygens (including phenoxy) is 1. The Balaban J connectivity index is 1.84. The van der Waals surface area contributed by atoms with Gasteiger partial charge in [0.1, 0.15) is 12.4 Å². The van der Waals surface area contributed by atoms with Gasteiger partial charge in [0.05, 0.1) is 11.5 Å². The van der Waals surface area contributed by atoms with E-state index in [0.29, 0.717) is 5.56 Å². The second kappa shape index (κ2) is 8.50. The molecule has 6 heteroatoms. The summed E-state index contributed by atoms with van der Waals surface area (Å²) in [6, 6.07) is 12.0. The van der Waals surface area contributed by atoms with Gasteiger partial charge in [-0.3, -0.25) is 14.9 Å². The van der Waals surface area contributed by atoms with Gasteiger partial charge in [0.15, 0.2) is 0 Å². The molecule has 0 saturated heterocycles. The molecule has 2 rings (SSSR count). The standard InChI is InChI=1S/C19H18N2O4/c1-14-9-10-16(13-17(14)21(23)24)19(22)20-11-5-6-12-25-18-8-4-3-7-15(18)2/h3-4,7-10,13H,11-12H2,1-2H3,(H,20,22). The Morgan fingerprint density at radius 1 is 1.16 bits per heavy atom. The van der Waals surface area contributed by atoms with Crippen LogP contribution in [0.2, 0.25) is 0 Å². The highest BCUT2D eigenvalue weighted by molar-refractivity contribution is 5.95. The highest BCUT2D eigenvalue weighted by atomic mass is 16.6. The third-order valence-corrected chi connectivity index (χ3v) is 3.52. The van der Waals surface area contributed by atoms with E-state index in [1.54, 1.807) is 19.1 Å². The predicted molar refractivity (Wildman–Crippen MR) is 94.6 cm³/mol. The molecular weight excluding hydrogens is 320 g/mol. The van der Waals surface area contributed by atoms with E-state index >= 15 is 0 Å². The normalized spacial score (nSPS) is 9.68. The fourth-order valence-electron chi connectivity index (χ4n) is 2.12. The minimum Gasteiger partial charge on any atom is -0.481 e. The van der Waals surface area contributed by atoms with Crippen LogP contribution in [0, 0.1) is 35.8 Å². The molecule has 0 aliphatic rings. The van der Waals surface area contributed by atoms with Crippen LogP contribution in [-0.4, -0.2) is 24.0 Å². The van der Waals surface area contributed by atoms with Gasteiger partial charge < -0.3 is 10.1 Å². The molecule has 0 aliphatic heterocycles. The molecule has 128 valence electrons. The summed E-state index contributed by atoms with van der Waals surface area (Å²) in [6.45, 7) is 3.93. The number of aryl methyl sites for hydroxylation is 2. The molecule has 0 atom stereocenters. The molecule has 25 heavy (non-hydrogen) atoms. The van der Waals surface area contributed by atoms with Gasteiger partial charge in [0, 0.05) is 17.2 Å². The Morgan fingerprint density at radius 3 is 2.64 bits per heavy atom. The van der Waals surface area contributed by atoms with Crippen LogP contribution in [0.15, 0.2) is 42.5 Å². The van der Waals surface area contributed by atoms with E-state index < -0.39 is 10.8 Å². The van der Waals surface area contributed by atoms with Crippen molar-refractivity contribution < 1.29 is 14.5 Å². The number of carbonyl (C=O) groups excluding carboxylic acids is 1. The summed E-state index contributed by atoms with van der Waals surface area (Å²) in [5.41, 5.74) is 1.69. The second-order valence-electron chi connectivity index (χ2n) is 5.35. The zero-order valence-corrected chi connectivity index (χ0v) is 14.0. The summed E-state index contributed by atoms with van der Waals surface area (Å²) in [6.07, 6.45) is 0. The number of benzene rings is 2. The van der Waals surface area contributed by atoms with Crippen molar-refractivity contribution in [2.75, 3.05) is 13.2 Å². The Labute approximate surface area is 146 Å². The minimum absolute atomic E-state index is 0.0784. The van der Waals surface area contributed by atoms with Gasteiger partial charge in [-0.15, -0.1) is 0 Å². The molecule has 0 bridgehead atoms. The Hall–Kier alpha value is -3.33.